The topological polar surface area (TPSA) is 158 Å². The Balaban J connectivity index is 1.49. The van der Waals surface area contributed by atoms with Crippen molar-refractivity contribution < 1.29 is 49.6 Å². The van der Waals surface area contributed by atoms with Gasteiger partial charge in [0.05, 0.1) is 26.9 Å². The summed E-state index contributed by atoms with van der Waals surface area (Å²) in [6.45, 7) is 6.38. The highest BCUT2D eigenvalue weighted by atomic mass is 33.1. The van der Waals surface area contributed by atoms with Gasteiger partial charge in [0.1, 0.15) is 30.0 Å². The predicted octanol–water partition coefficient (Wildman–Crippen LogP) is 7.54. The largest absolute Gasteiger partial charge is 0.508 e. The van der Waals surface area contributed by atoms with Crippen LogP contribution in [0.2, 0.25) is 0 Å². The Morgan fingerprint density at radius 1 is 0.943 bits per heavy atom. The van der Waals surface area contributed by atoms with E-state index in [1.165, 1.54) is 7.11 Å². The molecule has 12 heteroatoms. The molecule has 7 unspecified atom stereocenters. The highest BCUT2D eigenvalue weighted by molar-refractivity contribution is 8.76. The SMILES string of the molecule is COc1c(O)c(OCCC(C)C)cc(C23CCC4SSCCC(C)CCC5c6cc(O)ccc6-c6c(OCCO)cc(c(c6C5CO)C4C2O)O3)c1O. The number of phenolic OH excluding ortho intramolecular Hbond substituents is 3. The van der Waals surface area contributed by atoms with Crippen LogP contribution < -0.4 is 18.9 Å². The molecule has 1 saturated carbocycles. The first kappa shape index (κ1) is 38.1. The van der Waals surface area contributed by atoms with Gasteiger partial charge in [-0.3, -0.25) is 0 Å². The maximum absolute atomic E-state index is 12.9. The molecule has 0 aromatic heterocycles. The lowest BCUT2D eigenvalue weighted by Crippen LogP contribution is -2.57. The van der Waals surface area contributed by atoms with Gasteiger partial charge in [0.25, 0.3) is 0 Å². The summed E-state index contributed by atoms with van der Waals surface area (Å²) in [5.41, 5.74) is 3.05. The lowest BCUT2D eigenvalue weighted by molar-refractivity contribution is -0.112. The minimum atomic E-state index is -1.46. The van der Waals surface area contributed by atoms with Crippen LogP contribution in [0.3, 0.4) is 0 Å². The summed E-state index contributed by atoms with van der Waals surface area (Å²) >= 11 is 0. The first-order valence-corrected chi connectivity index (χ1v) is 21.2. The van der Waals surface area contributed by atoms with Crippen molar-refractivity contribution in [1.82, 2.24) is 0 Å². The van der Waals surface area contributed by atoms with Gasteiger partial charge in [0.15, 0.2) is 17.1 Å². The molecule has 3 aromatic rings. The number of hydrogen-bond acceptors (Lipinski definition) is 12. The fourth-order valence-electron chi connectivity index (χ4n) is 9.03. The Morgan fingerprint density at radius 2 is 1.74 bits per heavy atom. The minimum Gasteiger partial charge on any atom is -0.508 e. The van der Waals surface area contributed by atoms with Gasteiger partial charge in [-0.2, -0.15) is 0 Å². The van der Waals surface area contributed by atoms with E-state index in [0.717, 1.165) is 59.3 Å². The number of phenols is 3. The first-order chi connectivity index (χ1) is 25.5. The number of rotatable bonds is 10. The maximum Gasteiger partial charge on any atom is 0.207 e. The third-order valence-electron chi connectivity index (χ3n) is 11.7. The van der Waals surface area contributed by atoms with Gasteiger partial charge in [0.2, 0.25) is 11.5 Å². The van der Waals surface area contributed by atoms with Crippen LogP contribution in [0.25, 0.3) is 11.1 Å². The molecule has 2 aliphatic carbocycles. The van der Waals surface area contributed by atoms with Gasteiger partial charge < -0.3 is 49.6 Å². The molecule has 7 rings (SSSR count). The average Bonchev–Trinajstić information content (AvgIpc) is 3.13. The maximum atomic E-state index is 12.9. The molecular formula is C41H52O10S2. The first-order valence-electron chi connectivity index (χ1n) is 18.8. The van der Waals surface area contributed by atoms with Gasteiger partial charge in [-0.25, -0.2) is 0 Å². The van der Waals surface area contributed by atoms with Crippen molar-refractivity contribution in [2.24, 2.45) is 11.8 Å². The van der Waals surface area contributed by atoms with Crippen molar-refractivity contribution in [2.75, 3.05) is 39.3 Å². The quantitative estimate of drug-likeness (QED) is 0.113. The number of fused-ring (bicyclic) bond motifs is 5. The molecule has 0 saturated heterocycles. The van der Waals surface area contributed by atoms with Crippen molar-refractivity contribution in [1.29, 1.82) is 0 Å². The van der Waals surface area contributed by atoms with E-state index >= 15 is 0 Å². The van der Waals surface area contributed by atoms with E-state index in [9.17, 15) is 30.6 Å². The van der Waals surface area contributed by atoms with Gasteiger partial charge in [-0.05, 0) is 84.7 Å². The van der Waals surface area contributed by atoms with Gasteiger partial charge in [-0.1, -0.05) is 54.8 Å². The zero-order valence-electron chi connectivity index (χ0n) is 30.8. The van der Waals surface area contributed by atoms with E-state index in [1.54, 1.807) is 29.0 Å². The molecule has 288 valence electrons. The number of hydrogen-bond donors (Lipinski definition) is 6. The monoisotopic (exact) mass is 768 g/mol. The molecule has 3 aromatic carbocycles. The molecule has 6 N–H and O–H groups in total. The lowest BCUT2D eigenvalue weighted by Gasteiger charge is -2.54. The predicted molar refractivity (Wildman–Crippen MR) is 207 cm³/mol. The second kappa shape index (κ2) is 15.5. The Hall–Kier alpha value is -3.16. The van der Waals surface area contributed by atoms with Gasteiger partial charge in [-0.15, -0.1) is 0 Å². The van der Waals surface area contributed by atoms with Crippen LogP contribution in [0.1, 0.15) is 99.3 Å². The van der Waals surface area contributed by atoms with Crippen molar-refractivity contribution in [3.05, 3.63) is 52.6 Å². The van der Waals surface area contributed by atoms with Crippen LogP contribution in [0, 0.1) is 11.8 Å². The number of methoxy groups -OCH3 is 1. The fourth-order valence-corrected chi connectivity index (χ4v) is 12.2. The summed E-state index contributed by atoms with van der Waals surface area (Å²) in [5, 5.41) is 67.8. The van der Waals surface area contributed by atoms with Crippen molar-refractivity contribution in [3.63, 3.8) is 0 Å². The Bertz CT molecular complexity index is 1820. The van der Waals surface area contributed by atoms with Gasteiger partial charge in [0, 0.05) is 45.6 Å². The average molecular weight is 769 g/mol. The highest BCUT2D eigenvalue weighted by Gasteiger charge is 2.59. The Morgan fingerprint density at radius 3 is 2.47 bits per heavy atom. The molecule has 0 amide bonds. The van der Waals surface area contributed by atoms with Crippen LogP contribution in [0.5, 0.6) is 40.2 Å². The van der Waals surface area contributed by atoms with Crippen LogP contribution >= 0.6 is 21.6 Å². The number of aliphatic hydroxyl groups excluding tert-OH is 3. The van der Waals surface area contributed by atoms with E-state index in [0.29, 0.717) is 42.8 Å². The van der Waals surface area contributed by atoms with E-state index in [-0.39, 0.29) is 65.3 Å². The molecule has 2 aliphatic heterocycles. The minimum absolute atomic E-state index is 0.0166. The number of aliphatic hydroxyl groups is 3. The Kier molecular flexibility index (Phi) is 11.2. The van der Waals surface area contributed by atoms with Crippen molar-refractivity contribution in [2.45, 2.75) is 94.0 Å². The summed E-state index contributed by atoms with van der Waals surface area (Å²) in [4.78, 5) is 0. The summed E-state index contributed by atoms with van der Waals surface area (Å²) in [5.74, 6) is 1.14. The number of ether oxygens (including phenoxy) is 4. The summed E-state index contributed by atoms with van der Waals surface area (Å²) in [6, 6.07) is 8.76. The fraction of sp³-hybridized carbons (Fsp3) is 0.561. The second-order valence-corrected chi connectivity index (χ2v) is 18.2. The number of aromatic hydroxyl groups is 3. The Labute approximate surface area is 319 Å². The zero-order chi connectivity index (χ0) is 37.6. The van der Waals surface area contributed by atoms with E-state index < -0.39 is 23.5 Å². The van der Waals surface area contributed by atoms with Crippen LogP contribution in [0.4, 0.5) is 0 Å². The second-order valence-electron chi connectivity index (χ2n) is 15.4. The van der Waals surface area contributed by atoms with Crippen LogP contribution in [-0.4, -0.2) is 81.3 Å². The smallest absolute Gasteiger partial charge is 0.207 e. The normalized spacial score (nSPS) is 27.5. The molecule has 1 fully saturated rings. The zero-order valence-corrected chi connectivity index (χ0v) is 32.5. The third-order valence-corrected chi connectivity index (χ3v) is 14.7. The van der Waals surface area contributed by atoms with E-state index in [4.69, 9.17) is 18.9 Å². The molecular weight excluding hydrogens is 717 g/mol. The summed E-state index contributed by atoms with van der Waals surface area (Å²) in [6.07, 6.45) is 3.35. The molecule has 10 nitrogen and oxygen atoms in total. The molecule has 2 heterocycles. The van der Waals surface area contributed by atoms with Crippen LogP contribution in [-0.2, 0) is 5.60 Å². The van der Waals surface area contributed by atoms with E-state index in [2.05, 4.69) is 20.8 Å². The standard InChI is InChI=1S/C41H52O10S2/c1-21(2)10-14-49-31-18-28(37(45)39(48-4)38(31)46)41-12-9-32-36(40(41)47)35-30(51-41)19-29(50-15-13-42)33-25-8-6-23(44)17-26(25)24(27(20-43)34(33)35)7-5-22(3)11-16-52-53-32/h6,8,17-19,21-22,24,27,32,36,40,42-47H,5,7,9-16,20H2,1-4H3. The molecule has 53 heavy (non-hydrogen) atoms. The third kappa shape index (κ3) is 6.66. The van der Waals surface area contributed by atoms with E-state index in [1.807, 2.05) is 22.9 Å². The lowest BCUT2D eigenvalue weighted by atomic mass is 9.62. The van der Waals surface area contributed by atoms with Crippen LogP contribution in [0.15, 0.2) is 30.3 Å². The molecule has 0 spiro atoms. The number of benzene rings is 3. The van der Waals surface area contributed by atoms with Crippen molar-refractivity contribution in [3.8, 4) is 51.4 Å². The molecule has 4 bridgehead atoms. The molecule has 4 aliphatic rings. The summed E-state index contributed by atoms with van der Waals surface area (Å²) in [7, 11) is 4.96. The van der Waals surface area contributed by atoms with Gasteiger partial charge >= 0.3 is 0 Å². The summed E-state index contributed by atoms with van der Waals surface area (Å²) < 4.78 is 25.0. The molecule has 7 atom stereocenters. The van der Waals surface area contributed by atoms with Crippen molar-refractivity contribution >= 4 is 21.6 Å². The highest BCUT2D eigenvalue weighted by Crippen LogP contribution is 2.65. The molecule has 0 radical (unpaired) electrons.